The fourth-order valence-corrected chi connectivity index (χ4v) is 3.80. The molecular weight excluding hydrogens is 346 g/mol. The van der Waals surface area contributed by atoms with E-state index in [1.54, 1.807) is 0 Å². The molecular formula is C19H21N5OS. The number of hydrogen-bond acceptors (Lipinski definition) is 6. The zero-order valence-electron chi connectivity index (χ0n) is 14.5. The Hall–Kier alpha value is -2.35. The SMILES string of the molecule is O=C(CN1CCN(Cc2ccccc2)CC1)Nc1cccc2nsnc12. The minimum Gasteiger partial charge on any atom is -0.323 e. The van der Waals surface area contributed by atoms with Crippen LogP contribution in [-0.2, 0) is 11.3 Å². The van der Waals surface area contributed by atoms with Crippen molar-refractivity contribution in [2.75, 3.05) is 38.0 Å². The van der Waals surface area contributed by atoms with Crippen LogP contribution >= 0.6 is 11.7 Å². The lowest BCUT2D eigenvalue weighted by Gasteiger charge is -2.34. The maximum absolute atomic E-state index is 12.4. The Balaban J connectivity index is 1.27. The monoisotopic (exact) mass is 367 g/mol. The highest BCUT2D eigenvalue weighted by molar-refractivity contribution is 7.00. The molecule has 0 aliphatic carbocycles. The summed E-state index contributed by atoms with van der Waals surface area (Å²) in [7, 11) is 0. The maximum Gasteiger partial charge on any atom is 0.238 e. The molecule has 2 aromatic carbocycles. The number of benzene rings is 2. The van der Waals surface area contributed by atoms with E-state index >= 15 is 0 Å². The Morgan fingerprint density at radius 3 is 2.54 bits per heavy atom. The average Bonchev–Trinajstić information content (AvgIpc) is 3.14. The first-order valence-corrected chi connectivity index (χ1v) is 9.51. The van der Waals surface area contributed by atoms with E-state index < -0.39 is 0 Å². The first kappa shape index (κ1) is 17.1. The third kappa shape index (κ3) is 4.07. The average molecular weight is 367 g/mol. The van der Waals surface area contributed by atoms with E-state index in [1.807, 2.05) is 24.3 Å². The fraction of sp³-hybridized carbons (Fsp3) is 0.316. The Bertz CT molecular complexity index is 874. The molecule has 1 amide bonds. The molecule has 1 aliphatic heterocycles. The van der Waals surface area contributed by atoms with Crippen LogP contribution in [0.25, 0.3) is 11.0 Å². The maximum atomic E-state index is 12.4. The molecule has 0 bridgehead atoms. The van der Waals surface area contributed by atoms with Gasteiger partial charge in [0.2, 0.25) is 5.91 Å². The van der Waals surface area contributed by atoms with Gasteiger partial charge in [0.25, 0.3) is 0 Å². The van der Waals surface area contributed by atoms with Gasteiger partial charge in [-0.2, -0.15) is 8.75 Å². The summed E-state index contributed by atoms with van der Waals surface area (Å²) in [5, 5.41) is 2.98. The lowest BCUT2D eigenvalue weighted by Crippen LogP contribution is -2.48. The van der Waals surface area contributed by atoms with E-state index in [1.165, 1.54) is 5.56 Å². The van der Waals surface area contributed by atoms with Crippen molar-refractivity contribution in [1.29, 1.82) is 0 Å². The zero-order valence-corrected chi connectivity index (χ0v) is 15.3. The van der Waals surface area contributed by atoms with Gasteiger partial charge in [-0.15, -0.1) is 0 Å². The van der Waals surface area contributed by atoms with E-state index in [-0.39, 0.29) is 5.91 Å². The van der Waals surface area contributed by atoms with E-state index in [0.29, 0.717) is 6.54 Å². The minimum atomic E-state index is 0.00186. The molecule has 7 heteroatoms. The Kier molecular flexibility index (Phi) is 5.19. The van der Waals surface area contributed by atoms with Crippen molar-refractivity contribution >= 4 is 34.4 Å². The number of carbonyl (C=O) groups excluding carboxylic acids is 1. The van der Waals surface area contributed by atoms with Crippen LogP contribution in [0, 0.1) is 0 Å². The van der Waals surface area contributed by atoms with Crippen molar-refractivity contribution < 1.29 is 4.79 Å². The Morgan fingerprint density at radius 1 is 0.962 bits per heavy atom. The van der Waals surface area contributed by atoms with Gasteiger partial charge in [-0.25, -0.2) is 0 Å². The highest BCUT2D eigenvalue weighted by atomic mass is 32.1. The van der Waals surface area contributed by atoms with Crippen LogP contribution in [0.3, 0.4) is 0 Å². The summed E-state index contributed by atoms with van der Waals surface area (Å²) in [6.45, 7) is 5.15. The van der Waals surface area contributed by atoms with E-state index in [4.69, 9.17) is 0 Å². The number of nitrogens with one attached hydrogen (secondary N) is 1. The van der Waals surface area contributed by atoms with E-state index in [0.717, 1.165) is 61.2 Å². The summed E-state index contributed by atoms with van der Waals surface area (Å²) in [5.74, 6) is 0.00186. The van der Waals surface area contributed by atoms with E-state index in [2.05, 4.69) is 48.1 Å². The highest BCUT2D eigenvalue weighted by Gasteiger charge is 2.19. The zero-order chi connectivity index (χ0) is 17.8. The number of aromatic nitrogens is 2. The summed E-state index contributed by atoms with van der Waals surface area (Å²) in [6, 6.07) is 16.2. The number of carbonyl (C=O) groups is 1. The number of amides is 1. The van der Waals surface area contributed by atoms with Gasteiger partial charge in [0.1, 0.15) is 11.0 Å². The van der Waals surface area contributed by atoms with Crippen molar-refractivity contribution in [3.8, 4) is 0 Å². The van der Waals surface area contributed by atoms with Gasteiger partial charge in [-0.05, 0) is 17.7 Å². The van der Waals surface area contributed by atoms with Crippen LogP contribution in [-0.4, -0.2) is 57.2 Å². The summed E-state index contributed by atoms with van der Waals surface area (Å²) in [4.78, 5) is 17.0. The number of fused-ring (bicyclic) bond motifs is 1. The molecule has 0 radical (unpaired) electrons. The van der Waals surface area contributed by atoms with Gasteiger partial charge in [0, 0.05) is 32.7 Å². The molecule has 1 aromatic heterocycles. The molecule has 0 atom stereocenters. The highest BCUT2D eigenvalue weighted by Crippen LogP contribution is 2.21. The van der Waals surface area contributed by atoms with E-state index in [9.17, 15) is 4.79 Å². The minimum absolute atomic E-state index is 0.00186. The fourth-order valence-electron chi connectivity index (χ4n) is 3.25. The summed E-state index contributed by atoms with van der Waals surface area (Å²) >= 11 is 1.16. The molecule has 1 aliphatic rings. The van der Waals surface area contributed by atoms with Crippen molar-refractivity contribution in [1.82, 2.24) is 18.5 Å². The predicted octanol–water partition coefficient (Wildman–Crippen LogP) is 2.45. The molecule has 1 fully saturated rings. The van der Waals surface area contributed by atoms with Crippen molar-refractivity contribution in [3.05, 3.63) is 54.1 Å². The normalized spacial score (nSPS) is 16.0. The molecule has 0 unspecified atom stereocenters. The molecule has 4 rings (SSSR count). The van der Waals surface area contributed by atoms with Crippen LogP contribution in [0.5, 0.6) is 0 Å². The molecule has 134 valence electrons. The molecule has 26 heavy (non-hydrogen) atoms. The summed E-state index contributed by atoms with van der Waals surface area (Å²) < 4.78 is 8.47. The van der Waals surface area contributed by atoms with Crippen LogP contribution in [0.4, 0.5) is 5.69 Å². The topological polar surface area (TPSA) is 61.4 Å². The van der Waals surface area contributed by atoms with Crippen LogP contribution in [0.1, 0.15) is 5.56 Å². The number of rotatable bonds is 5. The quantitative estimate of drug-likeness (QED) is 0.751. The molecule has 1 N–H and O–H groups in total. The largest absolute Gasteiger partial charge is 0.323 e. The van der Waals surface area contributed by atoms with Crippen molar-refractivity contribution in [2.24, 2.45) is 0 Å². The number of hydrogen-bond donors (Lipinski definition) is 1. The van der Waals surface area contributed by atoms with Crippen LogP contribution in [0.15, 0.2) is 48.5 Å². The number of piperazine rings is 1. The van der Waals surface area contributed by atoms with Gasteiger partial charge in [-0.1, -0.05) is 36.4 Å². The van der Waals surface area contributed by atoms with Crippen LogP contribution < -0.4 is 5.32 Å². The van der Waals surface area contributed by atoms with Gasteiger partial charge in [0.15, 0.2) is 0 Å². The van der Waals surface area contributed by atoms with Gasteiger partial charge < -0.3 is 5.32 Å². The third-order valence-corrected chi connectivity index (χ3v) is 5.18. The molecule has 0 spiro atoms. The molecule has 1 saturated heterocycles. The molecule has 0 saturated carbocycles. The van der Waals surface area contributed by atoms with Crippen molar-refractivity contribution in [2.45, 2.75) is 6.54 Å². The smallest absolute Gasteiger partial charge is 0.238 e. The standard InChI is InChI=1S/C19H21N5OS/c25-18(20-16-7-4-8-17-19(16)22-26-21-17)14-24-11-9-23(10-12-24)13-15-5-2-1-3-6-15/h1-8H,9-14H2,(H,20,25). The molecule has 3 aromatic rings. The first-order valence-electron chi connectivity index (χ1n) is 8.78. The lowest BCUT2D eigenvalue weighted by atomic mass is 10.2. The lowest BCUT2D eigenvalue weighted by molar-refractivity contribution is -0.117. The van der Waals surface area contributed by atoms with Gasteiger partial charge in [0.05, 0.1) is 24.0 Å². The molecule has 2 heterocycles. The van der Waals surface area contributed by atoms with Gasteiger partial charge >= 0.3 is 0 Å². The predicted molar refractivity (Wildman–Crippen MR) is 104 cm³/mol. The van der Waals surface area contributed by atoms with Crippen molar-refractivity contribution in [3.63, 3.8) is 0 Å². The third-order valence-electron chi connectivity index (χ3n) is 4.64. The number of nitrogens with zero attached hydrogens (tertiary/aromatic N) is 4. The van der Waals surface area contributed by atoms with Gasteiger partial charge in [-0.3, -0.25) is 14.6 Å². The first-order chi connectivity index (χ1) is 12.8. The summed E-state index contributed by atoms with van der Waals surface area (Å²) in [5.41, 5.74) is 3.66. The Morgan fingerprint density at radius 2 is 1.73 bits per heavy atom. The van der Waals surface area contributed by atoms with Crippen LogP contribution in [0.2, 0.25) is 0 Å². The second-order valence-corrected chi connectivity index (χ2v) is 7.05. The number of anilines is 1. The molecule has 6 nitrogen and oxygen atoms in total. The summed E-state index contributed by atoms with van der Waals surface area (Å²) in [6.07, 6.45) is 0. The second-order valence-electron chi connectivity index (χ2n) is 6.52. The Labute approximate surface area is 156 Å². The second kappa shape index (κ2) is 7.90.